The minimum absolute atomic E-state index is 0. The summed E-state index contributed by atoms with van der Waals surface area (Å²) >= 11 is 0. The Labute approximate surface area is 171 Å². The van der Waals surface area contributed by atoms with Crippen molar-refractivity contribution in [3.8, 4) is 0 Å². The van der Waals surface area contributed by atoms with Crippen LogP contribution in [0.3, 0.4) is 0 Å². The Hall–Kier alpha value is -2.35. The first-order valence-corrected chi connectivity index (χ1v) is 8.38. The molecule has 3 aromatic rings. The summed E-state index contributed by atoms with van der Waals surface area (Å²) in [5.41, 5.74) is 9.36. The Morgan fingerprint density at radius 3 is 2.73 bits per heavy atom. The largest absolute Gasteiger partial charge is 0.370 e. The lowest BCUT2D eigenvalue weighted by Gasteiger charge is -2.08. The number of imidazole rings is 1. The molecule has 0 radical (unpaired) electrons. The molecule has 0 aliphatic carbocycles. The minimum Gasteiger partial charge on any atom is -0.370 e. The summed E-state index contributed by atoms with van der Waals surface area (Å²) in [5, 5.41) is 3.12. The van der Waals surface area contributed by atoms with Gasteiger partial charge < -0.3 is 15.6 Å². The van der Waals surface area contributed by atoms with Gasteiger partial charge in [-0.25, -0.2) is 4.98 Å². The average Bonchev–Trinajstić information content (AvgIpc) is 3.03. The van der Waals surface area contributed by atoms with Crippen LogP contribution in [-0.2, 0) is 13.0 Å². The zero-order valence-corrected chi connectivity index (χ0v) is 17.1. The van der Waals surface area contributed by atoms with E-state index in [1.807, 2.05) is 61.8 Å². The highest BCUT2D eigenvalue weighted by Crippen LogP contribution is 2.09. The van der Waals surface area contributed by atoms with Gasteiger partial charge in [0.1, 0.15) is 5.82 Å². The lowest BCUT2D eigenvalue weighted by molar-refractivity contribution is 0.716. The normalized spacial score (nSPS) is 11.0. The summed E-state index contributed by atoms with van der Waals surface area (Å²) in [5.74, 6) is 1.43. The van der Waals surface area contributed by atoms with Crippen LogP contribution in [0.25, 0.3) is 0 Å². The molecule has 2 aromatic carbocycles. The predicted octanol–water partition coefficient (Wildman–Crippen LogP) is 3.83. The van der Waals surface area contributed by atoms with Crippen molar-refractivity contribution in [2.45, 2.75) is 19.9 Å². The van der Waals surface area contributed by atoms with E-state index in [0.717, 1.165) is 24.5 Å². The van der Waals surface area contributed by atoms with Gasteiger partial charge in [-0.3, -0.25) is 4.99 Å². The minimum atomic E-state index is 0. The summed E-state index contributed by atoms with van der Waals surface area (Å²) in [4.78, 5) is 8.84. The Morgan fingerprint density at radius 1 is 1.15 bits per heavy atom. The van der Waals surface area contributed by atoms with Crippen LogP contribution in [0.4, 0.5) is 5.69 Å². The van der Waals surface area contributed by atoms with Crippen molar-refractivity contribution in [2.24, 2.45) is 10.7 Å². The fraction of sp³-hybridized carbons (Fsp3) is 0.200. The molecule has 26 heavy (non-hydrogen) atoms. The Bertz CT molecular complexity index is 842. The molecular weight excluding hydrogens is 437 g/mol. The van der Waals surface area contributed by atoms with Gasteiger partial charge in [0.2, 0.25) is 0 Å². The molecule has 0 amide bonds. The molecule has 0 fully saturated rings. The van der Waals surface area contributed by atoms with Gasteiger partial charge in [-0.15, -0.1) is 24.0 Å². The monoisotopic (exact) mass is 461 g/mol. The van der Waals surface area contributed by atoms with E-state index in [4.69, 9.17) is 5.73 Å². The molecule has 0 spiro atoms. The lowest BCUT2D eigenvalue weighted by Crippen LogP contribution is -2.23. The van der Waals surface area contributed by atoms with E-state index in [9.17, 15) is 0 Å². The van der Waals surface area contributed by atoms with E-state index < -0.39 is 0 Å². The SMILES string of the molecule is Cc1cccc(NC(N)=NCCc2nccn2Cc2ccccc2)c1.I. The zero-order valence-electron chi connectivity index (χ0n) is 14.8. The van der Waals surface area contributed by atoms with Crippen molar-refractivity contribution >= 4 is 35.6 Å². The summed E-state index contributed by atoms with van der Waals surface area (Å²) in [6.07, 6.45) is 4.58. The number of nitrogens with one attached hydrogen (secondary N) is 1. The topological polar surface area (TPSA) is 68.2 Å². The molecule has 0 unspecified atom stereocenters. The number of nitrogens with zero attached hydrogens (tertiary/aromatic N) is 3. The maximum Gasteiger partial charge on any atom is 0.193 e. The van der Waals surface area contributed by atoms with Gasteiger partial charge in [0, 0.05) is 37.6 Å². The highest BCUT2D eigenvalue weighted by atomic mass is 127. The van der Waals surface area contributed by atoms with E-state index in [-0.39, 0.29) is 24.0 Å². The van der Waals surface area contributed by atoms with Crippen LogP contribution in [-0.4, -0.2) is 22.1 Å². The first-order chi connectivity index (χ1) is 12.2. The number of rotatable bonds is 6. The fourth-order valence-electron chi connectivity index (χ4n) is 2.68. The van der Waals surface area contributed by atoms with Gasteiger partial charge in [-0.05, 0) is 30.2 Å². The average molecular weight is 461 g/mol. The number of aromatic nitrogens is 2. The fourth-order valence-corrected chi connectivity index (χ4v) is 2.68. The molecule has 3 N–H and O–H groups in total. The van der Waals surface area contributed by atoms with Crippen molar-refractivity contribution < 1.29 is 0 Å². The molecule has 6 heteroatoms. The third kappa shape index (κ3) is 5.87. The highest BCUT2D eigenvalue weighted by Gasteiger charge is 2.03. The molecule has 3 rings (SSSR count). The number of aliphatic imine (C=N–C) groups is 1. The van der Waals surface area contributed by atoms with Gasteiger partial charge in [-0.1, -0.05) is 42.5 Å². The van der Waals surface area contributed by atoms with Crippen LogP contribution < -0.4 is 11.1 Å². The van der Waals surface area contributed by atoms with Crippen LogP contribution >= 0.6 is 24.0 Å². The second-order valence-corrected chi connectivity index (χ2v) is 5.97. The van der Waals surface area contributed by atoms with E-state index in [0.29, 0.717) is 12.5 Å². The zero-order chi connectivity index (χ0) is 17.5. The maximum absolute atomic E-state index is 5.97. The summed E-state index contributed by atoms with van der Waals surface area (Å²) in [6, 6.07) is 18.4. The van der Waals surface area contributed by atoms with E-state index in [1.165, 1.54) is 11.1 Å². The van der Waals surface area contributed by atoms with Crippen LogP contribution in [0.15, 0.2) is 72.0 Å². The number of halogens is 1. The number of guanidine groups is 1. The van der Waals surface area contributed by atoms with Crippen LogP contribution in [0.1, 0.15) is 17.0 Å². The number of anilines is 1. The van der Waals surface area contributed by atoms with Crippen molar-refractivity contribution in [1.29, 1.82) is 0 Å². The molecule has 1 heterocycles. The van der Waals surface area contributed by atoms with E-state index in [1.54, 1.807) is 0 Å². The number of hydrogen-bond acceptors (Lipinski definition) is 2. The summed E-state index contributed by atoms with van der Waals surface area (Å²) in [6.45, 7) is 3.46. The molecule has 0 aliphatic rings. The lowest BCUT2D eigenvalue weighted by atomic mass is 10.2. The molecule has 0 aliphatic heterocycles. The van der Waals surface area contributed by atoms with Gasteiger partial charge >= 0.3 is 0 Å². The quantitative estimate of drug-likeness (QED) is 0.333. The summed E-state index contributed by atoms with van der Waals surface area (Å²) < 4.78 is 2.15. The predicted molar refractivity (Wildman–Crippen MR) is 118 cm³/mol. The van der Waals surface area contributed by atoms with Crippen molar-refractivity contribution in [3.05, 3.63) is 83.9 Å². The number of aryl methyl sites for hydroxylation is 1. The smallest absolute Gasteiger partial charge is 0.193 e. The second kappa shape index (κ2) is 9.96. The molecule has 0 atom stereocenters. The van der Waals surface area contributed by atoms with E-state index in [2.05, 4.69) is 32.0 Å². The van der Waals surface area contributed by atoms with Crippen LogP contribution in [0.5, 0.6) is 0 Å². The number of benzene rings is 2. The number of nitrogens with two attached hydrogens (primary N) is 1. The third-order valence-corrected chi connectivity index (χ3v) is 3.91. The van der Waals surface area contributed by atoms with Crippen molar-refractivity contribution in [2.75, 3.05) is 11.9 Å². The molecule has 0 saturated carbocycles. The van der Waals surface area contributed by atoms with Gasteiger partial charge in [-0.2, -0.15) is 0 Å². The summed E-state index contributed by atoms with van der Waals surface area (Å²) in [7, 11) is 0. The maximum atomic E-state index is 5.97. The highest BCUT2D eigenvalue weighted by molar-refractivity contribution is 14.0. The second-order valence-electron chi connectivity index (χ2n) is 5.97. The van der Waals surface area contributed by atoms with Gasteiger partial charge in [0.05, 0.1) is 0 Å². The molecular formula is C20H24IN5. The van der Waals surface area contributed by atoms with Gasteiger partial charge in [0.25, 0.3) is 0 Å². The first-order valence-electron chi connectivity index (χ1n) is 8.38. The van der Waals surface area contributed by atoms with Gasteiger partial charge in [0.15, 0.2) is 5.96 Å². The van der Waals surface area contributed by atoms with Crippen LogP contribution in [0.2, 0.25) is 0 Å². The molecule has 0 bridgehead atoms. The van der Waals surface area contributed by atoms with E-state index >= 15 is 0 Å². The Morgan fingerprint density at radius 2 is 1.96 bits per heavy atom. The van der Waals surface area contributed by atoms with Crippen molar-refractivity contribution in [3.63, 3.8) is 0 Å². The first kappa shape index (κ1) is 20.0. The molecule has 0 saturated heterocycles. The van der Waals surface area contributed by atoms with Crippen molar-refractivity contribution in [1.82, 2.24) is 9.55 Å². The third-order valence-electron chi connectivity index (χ3n) is 3.91. The molecule has 5 nitrogen and oxygen atoms in total. The Balaban J connectivity index is 0.00000243. The van der Waals surface area contributed by atoms with Crippen LogP contribution in [0, 0.1) is 6.92 Å². The molecule has 136 valence electrons. The molecule has 1 aromatic heterocycles. The number of hydrogen-bond donors (Lipinski definition) is 2. The Kier molecular flexibility index (Phi) is 7.65. The standard InChI is InChI=1S/C20H23N5.HI/c1-16-6-5-9-18(14-16)24-20(21)23-11-10-19-22-12-13-25(19)15-17-7-3-2-4-8-17;/h2-9,12-14H,10-11,15H2,1H3,(H3,21,23,24);1H.